The number of aromatic nitrogens is 1. The molecule has 2 aliphatic rings. The molecule has 1 aliphatic heterocycles. The van der Waals surface area contributed by atoms with Gasteiger partial charge in [-0.15, -0.1) is 0 Å². The average Bonchev–Trinajstić information content (AvgIpc) is 3.58. The van der Waals surface area contributed by atoms with Crippen molar-refractivity contribution < 1.29 is 24.9 Å². The number of hydrogen-bond donors (Lipinski definition) is 3. The number of carbonyl (C=O) groups is 1. The van der Waals surface area contributed by atoms with Gasteiger partial charge >= 0.3 is 0 Å². The second kappa shape index (κ2) is 10.2. The van der Waals surface area contributed by atoms with Gasteiger partial charge in [0.15, 0.2) is 0 Å². The van der Waals surface area contributed by atoms with Gasteiger partial charge in [-0.1, -0.05) is 41.9 Å². The molecule has 2 heterocycles. The molecule has 1 saturated heterocycles. The molecule has 8 nitrogen and oxygen atoms in total. The van der Waals surface area contributed by atoms with Gasteiger partial charge in [-0.05, 0) is 67.1 Å². The molecule has 1 aromatic heterocycles. The number of halogens is 1. The predicted octanol–water partition coefficient (Wildman–Crippen LogP) is 3.96. The molecule has 37 heavy (non-hydrogen) atoms. The fourth-order valence-electron chi connectivity index (χ4n) is 4.91. The molecule has 1 saturated carbocycles. The third kappa shape index (κ3) is 4.89. The van der Waals surface area contributed by atoms with Crippen LogP contribution in [0.1, 0.15) is 38.2 Å². The maximum atomic E-state index is 13.2. The highest BCUT2D eigenvalue weighted by atomic mass is 35.5. The van der Waals surface area contributed by atoms with Gasteiger partial charge < -0.3 is 15.5 Å². The lowest BCUT2D eigenvalue weighted by Crippen LogP contribution is -2.37. The van der Waals surface area contributed by atoms with Crippen LogP contribution >= 0.6 is 11.6 Å². The minimum Gasteiger partial charge on any atom is -0.395 e. The first-order valence-corrected chi connectivity index (χ1v) is 14.0. The maximum absolute atomic E-state index is 13.2. The summed E-state index contributed by atoms with van der Waals surface area (Å²) in [5, 5.41) is 22.4. The van der Waals surface area contributed by atoms with Crippen molar-refractivity contribution in [2.45, 2.75) is 48.6 Å². The fraction of sp³-hybridized carbons (Fsp3) is 0.333. The van der Waals surface area contributed by atoms with E-state index in [1.54, 1.807) is 54.6 Å². The van der Waals surface area contributed by atoms with Gasteiger partial charge in [0.05, 0.1) is 29.2 Å². The fourth-order valence-corrected chi connectivity index (χ4v) is 6.77. The van der Waals surface area contributed by atoms with E-state index >= 15 is 0 Å². The summed E-state index contributed by atoms with van der Waals surface area (Å²) < 4.78 is 27.4. The summed E-state index contributed by atoms with van der Waals surface area (Å²) in [6.45, 7) is 0.00714. The average molecular weight is 544 g/mol. The first-order valence-electron chi connectivity index (χ1n) is 12.2. The predicted molar refractivity (Wildman–Crippen MR) is 143 cm³/mol. The Kier molecular flexibility index (Phi) is 7.08. The van der Waals surface area contributed by atoms with Gasteiger partial charge in [-0.3, -0.25) is 4.79 Å². The lowest BCUT2D eigenvalue weighted by atomic mass is 9.93. The molecule has 1 amide bonds. The van der Waals surface area contributed by atoms with Crippen molar-refractivity contribution in [1.82, 2.24) is 9.29 Å². The van der Waals surface area contributed by atoms with E-state index in [4.69, 9.17) is 11.6 Å². The van der Waals surface area contributed by atoms with Crippen molar-refractivity contribution in [1.29, 1.82) is 0 Å². The lowest BCUT2D eigenvalue weighted by Gasteiger charge is -2.22. The zero-order valence-electron chi connectivity index (χ0n) is 20.1. The van der Waals surface area contributed by atoms with E-state index in [0.29, 0.717) is 53.5 Å². The number of benzene rings is 2. The van der Waals surface area contributed by atoms with Gasteiger partial charge in [0.1, 0.15) is 5.82 Å². The van der Waals surface area contributed by atoms with Crippen molar-refractivity contribution in [2.24, 2.45) is 0 Å². The van der Waals surface area contributed by atoms with Crippen LogP contribution in [0, 0.1) is 0 Å². The quantitative estimate of drug-likeness (QED) is 0.395. The molecule has 0 radical (unpaired) electrons. The van der Waals surface area contributed by atoms with Gasteiger partial charge in [0.25, 0.3) is 0 Å². The van der Waals surface area contributed by atoms with E-state index in [1.165, 1.54) is 4.31 Å². The second-order valence-corrected chi connectivity index (χ2v) is 11.8. The zero-order chi connectivity index (χ0) is 26.2. The van der Waals surface area contributed by atoms with Crippen molar-refractivity contribution >= 4 is 33.3 Å². The summed E-state index contributed by atoms with van der Waals surface area (Å²) >= 11 is 6.12. The topological polar surface area (TPSA) is 120 Å². The monoisotopic (exact) mass is 543 g/mol. The number of anilines is 1. The normalized spacial score (nSPS) is 19.1. The van der Waals surface area contributed by atoms with Crippen molar-refractivity contribution in [3.8, 4) is 11.3 Å². The van der Waals surface area contributed by atoms with E-state index in [0.717, 1.165) is 12.0 Å². The van der Waals surface area contributed by atoms with E-state index in [9.17, 15) is 23.4 Å². The summed E-state index contributed by atoms with van der Waals surface area (Å²) in [6.07, 6.45) is 2.76. The Bertz CT molecular complexity index is 1430. The number of amides is 1. The molecule has 1 atom stereocenters. The highest BCUT2D eigenvalue weighted by Crippen LogP contribution is 2.49. The smallest absolute Gasteiger partial charge is 0.243 e. The summed E-state index contributed by atoms with van der Waals surface area (Å²) in [5.74, 6) is 0.221. The van der Waals surface area contributed by atoms with E-state index in [1.807, 2.05) is 6.07 Å². The Hall–Kier alpha value is -2.82. The standard InChI is InChI=1S/C27H28ClN3O5S.H2/c28-23-11-8-20(15-19(23)16-32)27(12-13-27)26(34)30-25-5-1-4-24(29-25)18-6-9-22(10-7-18)37(35,36)31-14-2-3-21(31)17-33;/h1,4-11,15,21,32-33H,2-3,12-14,16-17H2,(H,29,30,34);1H/t21-;/m1./s1. The van der Waals surface area contributed by atoms with Crippen molar-refractivity contribution in [2.75, 3.05) is 18.5 Å². The number of aliphatic hydroxyl groups is 2. The molecular weight excluding hydrogens is 514 g/mol. The Labute approximate surface area is 222 Å². The number of sulfonamides is 1. The Balaban J connectivity index is 0.00000336. The van der Waals surface area contributed by atoms with Crippen LogP contribution in [0.4, 0.5) is 5.82 Å². The number of rotatable bonds is 8. The summed E-state index contributed by atoms with van der Waals surface area (Å²) in [6, 6.07) is 16.7. The molecular formula is C27H30ClN3O5S. The summed E-state index contributed by atoms with van der Waals surface area (Å²) in [5.41, 5.74) is 2.02. The van der Waals surface area contributed by atoms with E-state index in [-0.39, 0.29) is 31.5 Å². The van der Waals surface area contributed by atoms with Crippen LogP contribution in [0.2, 0.25) is 5.02 Å². The Morgan fingerprint density at radius 3 is 2.57 bits per heavy atom. The van der Waals surface area contributed by atoms with Crippen LogP contribution in [-0.4, -0.2) is 53.0 Å². The maximum Gasteiger partial charge on any atom is 0.243 e. The third-order valence-corrected chi connectivity index (χ3v) is 9.57. The van der Waals surface area contributed by atoms with E-state index < -0.39 is 15.4 Å². The van der Waals surface area contributed by atoms with Crippen LogP contribution in [-0.2, 0) is 26.8 Å². The van der Waals surface area contributed by atoms with Crippen LogP contribution in [0.25, 0.3) is 11.3 Å². The number of pyridine rings is 1. The largest absolute Gasteiger partial charge is 0.395 e. The van der Waals surface area contributed by atoms with Crippen LogP contribution < -0.4 is 5.32 Å². The van der Waals surface area contributed by atoms with Crippen LogP contribution in [0.3, 0.4) is 0 Å². The lowest BCUT2D eigenvalue weighted by molar-refractivity contribution is -0.118. The minimum atomic E-state index is -3.69. The van der Waals surface area contributed by atoms with Gasteiger partial charge in [-0.25, -0.2) is 13.4 Å². The number of hydrogen-bond acceptors (Lipinski definition) is 6. The summed E-state index contributed by atoms with van der Waals surface area (Å²) in [7, 11) is -3.69. The van der Waals surface area contributed by atoms with Crippen LogP contribution in [0.5, 0.6) is 0 Å². The zero-order valence-corrected chi connectivity index (χ0v) is 21.7. The molecule has 3 aromatic rings. The van der Waals surface area contributed by atoms with Crippen LogP contribution in [0.15, 0.2) is 65.6 Å². The molecule has 5 rings (SSSR count). The van der Waals surface area contributed by atoms with E-state index in [2.05, 4.69) is 10.3 Å². The molecule has 0 bridgehead atoms. The third-order valence-electron chi connectivity index (χ3n) is 7.23. The molecule has 0 spiro atoms. The highest BCUT2D eigenvalue weighted by molar-refractivity contribution is 7.89. The molecule has 2 aromatic carbocycles. The first-order chi connectivity index (χ1) is 17.8. The van der Waals surface area contributed by atoms with Crippen molar-refractivity contribution in [3.05, 3.63) is 76.8 Å². The highest BCUT2D eigenvalue weighted by Gasteiger charge is 2.51. The Morgan fingerprint density at radius 2 is 1.89 bits per heavy atom. The molecule has 0 unspecified atom stereocenters. The van der Waals surface area contributed by atoms with Crippen molar-refractivity contribution in [3.63, 3.8) is 0 Å². The second-order valence-electron chi connectivity index (χ2n) is 9.53. The number of nitrogens with zero attached hydrogens (tertiary/aromatic N) is 2. The number of aliphatic hydroxyl groups excluding tert-OH is 2. The summed E-state index contributed by atoms with van der Waals surface area (Å²) in [4.78, 5) is 18.0. The van der Waals surface area contributed by atoms with Gasteiger partial charge in [0.2, 0.25) is 15.9 Å². The Morgan fingerprint density at radius 1 is 1.14 bits per heavy atom. The molecule has 2 fully saturated rings. The minimum absolute atomic E-state index is 0. The molecule has 3 N–H and O–H groups in total. The van der Waals surface area contributed by atoms with Gasteiger partial charge in [-0.2, -0.15) is 4.31 Å². The SMILES string of the molecule is O=C(Nc1cccc(-c2ccc(S(=O)(=O)N3CCC[C@@H]3CO)cc2)n1)C1(c2ccc(Cl)c(CO)c2)CC1.[HH]. The van der Waals surface area contributed by atoms with Gasteiger partial charge in [0, 0.05) is 24.6 Å². The number of nitrogens with one attached hydrogen (secondary N) is 1. The molecule has 1 aliphatic carbocycles. The number of carbonyl (C=O) groups excluding carboxylic acids is 1. The molecule has 196 valence electrons. The first kappa shape index (κ1) is 25.8. The molecule has 10 heteroatoms.